The van der Waals surface area contributed by atoms with E-state index in [0.29, 0.717) is 13.0 Å². The molecule has 5 heteroatoms. The summed E-state index contributed by atoms with van der Waals surface area (Å²) >= 11 is 0. The number of carbonyl (C=O) groups excluding carboxylic acids is 1. The minimum Gasteiger partial charge on any atom is -0.379 e. The molecule has 1 saturated heterocycles. The third-order valence-corrected chi connectivity index (χ3v) is 3.82. The number of nitrogens with zero attached hydrogens (tertiary/aromatic N) is 1. The van der Waals surface area contributed by atoms with Gasteiger partial charge < -0.3 is 15.4 Å². The molecule has 22 heavy (non-hydrogen) atoms. The van der Waals surface area contributed by atoms with Gasteiger partial charge in [-0.25, -0.2) is 0 Å². The van der Waals surface area contributed by atoms with Gasteiger partial charge in [-0.15, -0.1) is 0 Å². The molecule has 0 unspecified atom stereocenters. The molecule has 1 fully saturated rings. The second-order valence-corrected chi connectivity index (χ2v) is 5.69. The van der Waals surface area contributed by atoms with Gasteiger partial charge in [0.15, 0.2) is 0 Å². The number of amides is 1. The zero-order valence-corrected chi connectivity index (χ0v) is 13.4. The Bertz CT molecular complexity index is 459. The van der Waals surface area contributed by atoms with E-state index in [4.69, 9.17) is 4.74 Å². The molecule has 1 aliphatic rings. The van der Waals surface area contributed by atoms with Crippen molar-refractivity contribution in [1.29, 1.82) is 0 Å². The third-order valence-electron chi connectivity index (χ3n) is 3.82. The number of benzene rings is 1. The van der Waals surface area contributed by atoms with Crippen LogP contribution in [0.25, 0.3) is 0 Å². The second kappa shape index (κ2) is 9.56. The van der Waals surface area contributed by atoms with Crippen LogP contribution in [0.2, 0.25) is 0 Å². The van der Waals surface area contributed by atoms with Crippen LogP contribution < -0.4 is 10.6 Å². The van der Waals surface area contributed by atoms with E-state index < -0.39 is 0 Å². The minimum absolute atomic E-state index is 0.119. The van der Waals surface area contributed by atoms with Crippen LogP contribution in [0.15, 0.2) is 24.3 Å². The maximum absolute atomic E-state index is 11.7. The molecule has 0 radical (unpaired) electrons. The Labute approximate surface area is 133 Å². The first kappa shape index (κ1) is 16.9. The number of hydrogen-bond donors (Lipinski definition) is 2. The third kappa shape index (κ3) is 6.13. The maximum Gasteiger partial charge on any atom is 0.220 e. The lowest BCUT2D eigenvalue weighted by molar-refractivity contribution is -0.121. The lowest BCUT2D eigenvalue weighted by Gasteiger charge is -2.26. The van der Waals surface area contributed by atoms with Crippen molar-refractivity contribution in [2.45, 2.75) is 25.9 Å². The summed E-state index contributed by atoms with van der Waals surface area (Å²) in [5, 5.41) is 6.04. The fraction of sp³-hybridized carbons (Fsp3) is 0.588. The van der Waals surface area contributed by atoms with Crippen molar-refractivity contribution >= 4 is 5.91 Å². The number of ether oxygens (including phenoxy) is 1. The summed E-state index contributed by atoms with van der Waals surface area (Å²) in [6, 6.07) is 8.46. The zero-order chi connectivity index (χ0) is 15.6. The number of nitrogens with one attached hydrogen (secondary N) is 2. The highest BCUT2D eigenvalue weighted by atomic mass is 16.5. The molecule has 2 N–H and O–H groups in total. The van der Waals surface area contributed by atoms with Crippen LogP contribution in [0.3, 0.4) is 0 Å². The fourth-order valence-corrected chi connectivity index (χ4v) is 2.57. The van der Waals surface area contributed by atoms with Gasteiger partial charge in [-0.3, -0.25) is 9.69 Å². The first-order chi connectivity index (χ1) is 10.8. The van der Waals surface area contributed by atoms with Crippen LogP contribution >= 0.6 is 0 Å². The standard InChI is InChI=1S/C17H27N3O2/c1-18-7-3-6-17(21)19-13-15-4-2-5-16(12-15)14-20-8-10-22-11-9-20/h2,4-5,12,18H,3,6-11,13-14H2,1H3,(H,19,21). The minimum atomic E-state index is 0.119. The average molecular weight is 305 g/mol. The molecule has 0 atom stereocenters. The highest BCUT2D eigenvalue weighted by Gasteiger charge is 2.10. The Morgan fingerprint density at radius 1 is 1.27 bits per heavy atom. The van der Waals surface area contributed by atoms with E-state index in [1.165, 1.54) is 5.56 Å². The number of carbonyl (C=O) groups is 1. The van der Waals surface area contributed by atoms with Crippen molar-refractivity contribution in [1.82, 2.24) is 15.5 Å². The molecule has 0 spiro atoms. The molecule has 2 rings (SSSR count). The normalized spacial score (nSPS) is 15.7. The predicted molar refractivity (Wildman–Crippen MR) is 87.5 cm³/mol. The summed E-state index contributed by atoms with van der Waals surface area (Å²) < 4.78 is 5.37. The molecule has 0 bridgehead atoms. The Morgan fingerprint density at radius 3 is 2.82 bits per heavy atom. The van der Waals surface area contributed by atoms with Crippen molar-refractivity contribution in [3.8, 4) is 0 Å². The van der Waals surface area contributed by atoms with Gasteiger partial charge >= 0.3 is 0 Å². The van der Waals surface area contributed by atoms with Gasteiger partial charge in [-0.2, -0.15) is 0 Å². The van der Waals surface area contributed by atoms with Gasteiger partial charge in [0.1, 0.15) is 0 Å². The van der Waals surface area contributed by atoms with Crippen molar-refractivity contribution < 1.29 is 9.53 Å². The van der Waals surface area contributed by atoms with Crippen molar-refractivity contribution in [2.24, 2.45) is 0 Å². The first-order valence-corrected chi connectivity index (χ1v) is 8.07. The first-order valence-electron chi connectivity index (χ1n) is 8.07. The lowest BCUT2D eigenvalue weighted by atomic mass is 10.1. The molecule has 1 aliphatic heterocycles. The molecular weight excluding hydrogens is 278 g/mol. The molecule has 0 saturated carbocycles. The highest BCUT2D eigenvalue weighted by molar-refractivity contribution is 5.75. The molecule has 1 aromatic carbocycles. The Balaban J connectivity index is 1.76. The Kier molecular flexibility index (Phi) is 7.36. The summed E-state index contributed by atoms with van der Waals surface area (Å²) in [6.45, 7) is 6.06. The predicted octanol–water partition coefficient (Wildman–Crippen LogP) is 1.13. The van der Waals surface area contributed by atoms with E-state index >= 15 is 0 Å². The lowest BCUT2D eigenvalue weighted by Crippen LogP contribution is -2.35. The summed E-state index contributed by atoms with van der Waals surface area (Å²) in [6.07, 6.45) is 1.45. The van der Waals surface area contributed by atoms with E-state index in [1.54, 1.807) is 0 Å². The molecular formula is C17H27N3O2. The largest absolute Gasteiger partial charge is 0.379 e. The van der Waals surface area contributed by atoms with E-state index in [9.17, 15) is 4.79 Å². The topological polar surface area (TPSA) is 53.6 Å². The summed E-state index contributed by atoms with van der Waals surface area (Å²) in [5.74, 6) is 0.119. The quantitative estimate of drug-likeness (QED) is 0.707. The van der Waals surface area contributed by atoms with Crippen LogP contribution in [0.5, 0.6) is 0 Å². The molecule has 122 valence electrons. The number of rotatable bonds is 8. The van der Waals surface area contributed by atoms with Crippen LogP contribution in [0, 0.1) is 0 Å². The molecule has 0 aliphatic carbocycles. The van der Waals surface area contributed by atoms with Gasteiger partial charge in [0.2, 0.25) is 5.91 Å². The number of hydrogen-bond acceptors (Lipinski definition) is 4. The Morgan fingerprint density at radius 2 is 2.05 bits per heavy atom. The summed E-state index contributed by atoms with van der Waals surface area (Å²) in [4.78, 5) is 14.1. The highest BCUT2D eigenvalue weighted by Crippen LogP contribution is 2.10. The molecule has 5 nitrogen and oxygen atoms in total. The zero-order valence-electron chi connectivity index (χ0n) is 13.4. The average Bonchev–Trinajstić information content (AvgIpc) is 2.55. The van der Waals surface area contributed by atoms with Crippen molar-refractivity contribution in [2.75, 3.05) is 39.9 Å². The molecule has 1 heterocycles. The molecule has 1 amide bonds. The van der Waals surface area contributed by atoms with Gasteiger partial charge in [-0.1, -0.05) is 24.3 Å². The number of morpholine rings is 1. The maximum atomic E-state index is 11.7. The van der Waals surface area contributed by atoms with E-state index in [-0.39, 0.29) is 5.91 Å². The smallest absolute Gasteiger partial charge is 0.220 e. The van der Waals surface area contributed by atoms with Crippen molar-refractivity contribution in [3.63, 3.8) is 0 Å². The van der Waals surface area contributed by atoms with Gasteiger partial charge in [0.25, 0.3) is 0 Å². The molecule has 0 aromatic heterocycles. The monoisotopic (exact) mass is 305 g/mol. The van der Waals surface area contributed by atoms with Crippen LogP contribution in [0.4, 0.5) is 0 Å². The summed E-state index contributed by atoms with van der Waals surface area (Å²) in [7, 11) is 1.90. The van der Waals surface area contributed by atoms with Gasteiger partial charge in [0, 0.05) is 32.6 Å². The van der Waals surface area contributed by atoms with E-state index in [1.807, 2.05) is 7.05 Å². The van der Waals surface area contributed by atoms with E-state index in [2.05, 4.69) is 39.8 Å². The second-order valence-electron chi connectivity index (χ2n) is 5.69. The summed E-state index contributed by atoms with van der Waals surface area (Å²) in [5.41, 5.74) is 2.46. The molecule has 1 aromatic rings. The van der Waals surface area contributed by atoms with Crippen molar-refractivity contribution in [3.05, 3.63) is 35.4 Å². The Hall–Kier alpha value is -1.43. The van der Waals surface area contributed by atoms with E-state index in [0.717, 1.165) is 51.4 Å². The SMILES string of the molecule is CNCCCC(=O)NCc1cccc(CN2CCOCC2)c1. The van der Waals surface area contributed by atoms with Gasteiger partial charge in [-0.05, 0) is 31.1 Å². The van der Waals surface area contributed by atoms with Crippen LogP contribution in [-0.2, 0) is 22.6 Å². The fourth-order valence-electron chi connectivity index (χ4n) is 2.57. The van der Waals surface area contributed by atoms with Crippen LogP contribution in [0.1, 0.15) is 24.0 Å². The van der Waals surface area contributed by atoms with Gasteiger partial charge in [0.05, 0.1) is 13.2 Å². The van der Waals surface area contributed by atoms with Crippen LogP contribution in [-0.4, -0.2) is 50.7 Å².